The highest BCUT2D eigenvalue weighted by Gasteiger charge is 1.91. The number of carbonyl (C=O) groups is 1. The molecule has 0 fully saturated rings. The van der Waals surface area contributed by atoms with Crippen molar-refractivity contribution in [2.24, 2.45) is 5.73 Å². The van der Waals surface area contributed by atoms with Gasteiger partial charge in [-0.25, -0.2) is 0 Å². The molecule has 0 atom stereocenters. The smallest absolute Gasteiger partial charge is 0.214 e. The number of rotatable bonds is 1. The first kappa shape index (κ1) is 15.2. The molecule has 2 N–H and O–H groups in total. The van der Waals surface area contributed by atoms with E-state index in [0.717, 1.165) is 0 Å². The van der Waals surface area contributed by atoms with Crippen LogP contribution in [0.3, 0.4) is 0 Å². The zero-order valence-corrected chi connectivity index (χ0v) is 10.5. The van der Waals surface area contributed by atoms with Crippen LogP contribution in [0.1, 0.15) is 6.92 Å². The van der Waals surface area contributed by atoms with Crippen molar-refractivity contribution >= 4 is 18.3 Å². The summed E-state index contributed by atoms with van der Waals surface area (Å²) in [5, 5.41) is 0. The molecule has 0 aliphatic rings. The molecule has 17 heavy (non-hydrogen) atoms. The number of nitrogens with two attached hydrogens (primary N) is 1. The van der Waals surface area contributed by atoms with Crippen molar-refractivity contribution < 1.29 is 4.79 Å². The molecule has 0 aliphatic carbocycles. The normalized spacial score (nSPS) is 8.29. The summed E-state index contributed by atoms with van der Waals surface area (Å²) in [5.41, 5.74) is 7.02. The van der Waals surface area contributed by atoms with Gasteiger partial charge in [0.15, 0.2) is 0 Å². The van der Waals surface area contributed by atoms with Gasteiger partial charge in [0.25, 0.3) is 0 Å². The molecule has 0 aliphatic heterocycles. The molecule has 0 radical (unpaired) electrons. The van der Waals surface area contributed by atoms with Crippen LogP contribution in [0.25, 0.3) is 11.1 Å². The van der Waals surface area contributed by atoms with E-state index in [2.05, 4.69) is 54.3 Å². The molecule has 2 aromatic carbocycles. The van der Waals surface area contributed by atoms with Gasteiger partial charge >= 0.3 is 0 Å². The fourth-order valence-electron chi connectivity index (χ4n) is 1.26. The van der Waals surface area contributed by atoms with Crippen LogP contribution in [0.5, 0.6) is 0 Å². The van der Waals surface area contributed by atoms with Crippen LogP contribution in [0.2, 0.25) is 0 Å². The first-order chi connectivity index (χ1) is 7.70. The van der Waals surface area contributed by atoms with E-state index in [1.54, 1.807) is 0 Å². The third kappa shape index (κ3) is 6.38. The largest absolute Gasteiger partial charge is 0.370 e. The van der Waals surface area contributed by atoms with E-state index < -0.39 is 0 Å². The maximum Gasteiger partial charge on any atom is 0.214 e. The van der Waals surface area contributed by atoms with Gasteiger partial charge in [0, 0.05) is 6.92 Å². The number of hydrogen-bond acceptors (Lipinski definition) is 1. The zero-order chi connectivity index (χ0) is 11.8. The fraction of sp³-hybridized carbons (Fsp3) is 0.0714. The highest BCUT2D eigenvalue weighted by molar-refractivity contribution is 5.85. The van der Waals surface area contributed by atoms with E-state index in [1.165, 1.54) is 18.1 Å². The third-order valence-corrected chi connectivity index (χ3v) is 1.88. The summed E-state index contributed by atoms with van der Waals surface area (Å²) in [6.45, 7) is 1.31. The van der Waals surface area contributed by atoms with Crippen molar-refractivity contribution in [3.05, 3.63) is 60.7 Å². The third-order valence-electron chi connectivity index (χ3n) is 1.88. The van der Waals surface area contributed by atoms with Crippen LogP contribution in [-0.2, 0) is 4.79 Å². The molecule has 2 rings (SSSR count). The summed E-state index contributed by atoms with van der Waals surface area (Å²) in [6, 6.07) is 20.8. The molecule has 90 valence electrons. The quantitative estimate of drug-likeness (QED) is 0.828. The Morgan fingerprint density at radius 2 is 1.06 bits per heavy atom. The summed E-state index contributed by atoms with van der Waals surface area (Å²) in [6.07, 6.45) is 0. The Bertz CT molecular complexity index is 387. The van der Waals surface area contributed by atoms with Gasteiger partial charge in [0.05, 0.1) is 0 Å². The lowest BCUT2D eigenvalue weighted by Crippen LogP contribution is -2.01. The molecule has 0 saturated heterocycles. The number of hydrogen-bond donors (Lipinski definition) is 1. The molecule has 0 aromatic heterocycles. The highest BCUT2D eigenvalue weighted by atomic mass is 35.5. The molecule has 0 spiro atoms. The lowest BCUT2D eigenvalue weighted by Gasteiger charge is -1.98. The van der Waals surface area contributed by atoms with Gasteiger partial charge in [-0.05, 0) is 11.1 Å². The van der Waals surface area contributed by atoms with E-state index in [9.17, 15) is 4.79 Å². The van der Waals surface area contributed by atoms with Crippen LogP contribution in [0.4, 0.5) is 0 Å². The van der Waals surface area contributed by atoms with Crippen molar-refractivity contribution in [1.29, 1.82) is 0 Å². The minimum Gasteiger partial charge on any atom is -0.370 e. The van der Waals surface area contributed by atoms with Gasteiger partial charge < -0.3 is 5.73 Å². The molecule has 0 heterocycles. The van der Waals surface area contributed by atoms with Crippen LogP contribution < -0.4 is 5.73 Å². The molecule has 3 heteroatoms. The molecule has 1 amide bonds. The highest BCUT2D eigenvalue weighted by Crippen LogP contribution is 2.17. The van der Waals surface area contributed by atoms with Gasteiger partial charge in [-0.3, -0.25) is 4.79 Å². The minimum atomic E-state index is -0.333. The Morgan fingerprint density at radius 3 is 1.29 bits per heavy atom. The van der Waals surface area contributed by atoms with Crippen molar-refractivity contribution in [3.8, 4) is 11.1 Å². The van der Waals surface area contributed by atoms with Gasteiger partial charge in [-0.15, -0.1) is 12.4 Å². The molecule has 0 unspecified atom stereocenters. The maximum absolute atomic E-state index is 9.22. The first-order valence-corrected chi connectivity index (χ1v) is 5.06. The number of amides is 1. The van der Waals surface area contributed by atoms with E-state index in [-0.39, 0.29) is 18.3 Å². The Labute approximate surface area is 108 Å². The SMILES string of the molecule is CC(N)=O.Cl.c1ccc(-c2ccccc2)cc1. The van der Waals surface area contributed by atoms with Crippen LogP contribution >= 0.6 is 12.4 Å². The monoisotopic (exact) mass is 249 g/mol. The summed E-state index contributed by atoms with van der Waals surface area (Å²) in [4.78, 5) is 9.22. The molecule has 0 bridgehead atoms. The van der Waals surface area contributed by atoms with Crippen molar-refractivity contribution in [1.82, 2.24) is 0 Å². The summed E-state index contributed by atoms with van der Waals surface area (Å²) in [5.74, 6) is -0.333. The molecule has 2 nitrogen and oxygen atoms in total. The minimum absolute atomic E-state index is 0. The molecule has 2 aromatic rings. The zero-order valence-electron chi connectivity index (χ0n) is 9.67. The number of halogens is 1. The van der Waals surface area contributed by atoms with Gasteiger partial charge in [0.1, 0.15) is 0 Å². The van der Waals surface area contributed by atoms with E-state index in [0.29, 0.717) is 0 Å². The summed E-state index contributed by atoms with van der Waals surface area (Å²) >= 11 is 0. The molecule has 0 saturated carbocycles. The number of primary amides is 1. The molecular weight excluding hydrogens is 234 g/mol. The lowest BCUT2D eigenvalue weighted by atomic mass is 10.1. The second-order valence-corrected chi connectivity index (χ2v) is 3.34. The standard InChI is InChI=1S/C12H10.C2H5NO.ClH/c1-3-7-11(8-4-1)12-9-5-2-6-10-12;1-2(3)4;/h1-10H;1H3,(H2,3,4);1H. The Morgan fingerprint density at radius 1 is 0.824 bits per heavy atom. The fourth-order valence-corrected chi connectivity index (χ4v) is 1.26. The lowest BCUT2D eigenvalue weighted by molar-refractivity contribution is -0.115. The predicted octanol–water partition coefficient (Wildman–Crippen LogP) is 3.27. The van der Waals surface area contributed by atoms with Crippen molar-refractivity contribution in [2.45, 2.75) is 6.92 Å². The first-order valence-electron chi connectivity index (χ1n) is 5.06. The second kappa shape index (κ2) is 8.36. The summed E-state index contributed by atoms with van der Waals surface area (Å²) < 4.78 is 0. The Balaban J connectivity index is 0.000000453. The summed E-state index contributed by atoms with van der Waals surface area (Å²) in [7, 11) is 0. The average Bonchev–Trinajstić information content (AvgIpc) is 2.31. The second-order valence-electron chi connectivity index (χ2n) is 3.34. The Hall–Kier alpha value is -1.80. The van der Waals surface area contributed by atoms with Gasteiger partial charge in [-0.2, -0.15) is 0 Å². The van der Waals surface area contributed by atoms with Gasteiger partial charge in [-0.1, -0.05) is 60.7 Å². The van der Waals surface area contributed by atoms with Crippen molar-refractivity contribution in [3.63, 3.8) is 0 Å². The van der Waals surface area contributed by atoms with Crippen LogP contribution in [-0.4, -0.2) is 5.91 Å². The van der Waals surface area contributed by atoms with Crippen molar-refractivity contribution in [2.75, 3.05) is 0 Å². The maximum atomic E-state index is 9.22. The number of benzene rings is 2. The number of carbonyl (C=O) groups excluding carboxylic acids is 1. The van der Waals surface area contributed by atoms with E-state index >= 15 is 0 Å². The Kier molecular flexibility index (Phi) is 7.48. The van der Waals surface area contributed by atoms with E-state index in [1.807, 2.05) is 12.1 Å². The predicted molar refractivity (Wildman–Crippen MR) is 74.0 cm³/mol. The van der Waals surface area contributed by atoms with Gasteiger partial charge in [0.2, 0.25) is 5.91 Å². The van der Waals surface area contributed by atoms with E-state index in [4.69, 9.17) is 0 Å². The average molecular weight is 250 g/mol. The topological polar surface area (TPSA) is 43.1 Å². The van der Waals surface area contributed by atoms with Crippen LogP contribution in [0, 0.1) is 0 Å². The molecular formula is C14H16ClNO. The van der Waals surface area contributed by atoms with Crippen LogP contribution in [0.15, 0.2) is 60.7 Å².